The number of amides is 1. The van der Waals surface area contributed by atoms with Crippen LogP contribution < -0.4 is 0 Å². The first-order chi connectivity index (χ1) is 8.62. The van der Waals surface area contributed by atoms with Crippen molar-refractivity contribution in [3.63, 3.8) is 0 Å². The molecule has 4 nitrogen and oxygen atoms in total. The van der Waals surface area contributed by atoms with Gasteiger partial charge in [0.15, 0.2) is 0 Å². The molecule has 2 aliphatic rings. The molecule has 2 heterocycles. The third-order valence-corrected chi connectivity index (χ3v) is 3.78. The fourth-order valence-corrected chi connectivity index (χ4v) is 2.60. The molecular weight excluding hydrogens is 263 g/mol. The maximum Gasteiger partial charge on any atom is 0.427 e. The largest absolute Gasteiger partial charge is 0.434 e. The Labute approximate surface area is 108 Å². The minimum atomic E-state index is -4.62. The Bertz CT molecular complexity index is 390. The van der Waals surface area contributed by atoms with E-state index in [1.54, 1.807) is 0 Å². The molecule has 1 amide bonds. The summed E-state index contributed by atoms with van der Waals surface area (Å²) in [5.41, 5.74) is -2.52. The van der Waals surface area contributed by atoms with Gasteiger partial charge in [0.1, 0.15) is 5.78 Å². The summed E-state index contributed by atoms with van der Waals surface area (Å²) in [4.78, 5) is 24.6. The van der Waals surface area contributed by atoms with Crippen LogP contribution >= 0.6 is 0 Å². The summed E-state index contributed by atoms with van der Waals surface area (Å²) in [5, 5.41) is 0. The lowest BCUT2D eigenvalue weighted by Gasteiger charge is -2.36. The van der Waals surface area contributed by atoms with E-state index in [1.807, 2.05) is 0 Å². The van der Waals surface area contributed by atoms with Crippen LogP contribution in [0.15, 0.2) is 0 Å². The molecule has 2 unspecified atom stereocenters. The van der Waals surface area contributed by atoms with Crippen LogP contribution in [0.5, 0.6) is 0 Å². The van der Waals surface area contributed by atoms with Gasteiger partial charge in [0.25, 0.3) is 0 Å². The second kappa shape index (κ2) is 4.38. The van der Waals surface area contributed by atoms with Crippen LogP contribution in [-0.2, 0) is 9.53 Å². The third-order valence-electron chi connectivity index (χ3n) is 3.78. The van der Waals surface area contributed by atoms with Crippen molar-refractivity contribution in [2.75, 3.05) is 0 Å². The summed E-state index contributed by atoms with van der Waals surface area (Å²) in [6.07, 6.45) is -3.85. The standard InChI is InChI=1S/C12H16F3NO3/c1-11(2,12(13,14)15)19-10(18)16-7-3-4-8(16)6-9(17)5-7/h7-8H,3-6H2,1-2H3. The van der Waals surface area contributed by atoms with E-state index in [4.69, 9.17) is 0 Å². The predicted octanol–water partition coefficient (Wildman–Crippen LogP) is 2.66. The second-order valence-corrected chi connectivity index (χ2v) is 5.62. The summed E-state index contributed by atoms with van der Waals surface area (Å²) in [7, 11) is 0. The summed E-state index contributed by atoms with van der Waals surface area (Å²) < 4.78 is 42.7. The van der Waals surface area contributed by atoms with Crippen molar-refractivity contribution >= 4 is 11.9 Å². The molecular formula is C12H16F3NO3. The number of nitrogens with zero attached hydrogens (tertiary/aromatic N) is 1. The van der Waals surface area contributed by atoms with Gasteiger partial charge in [-0.3, -0.25) is 4.79 Å². The molecule has 0 aromatic heterocycles. The lowest BCUT2D eigenvalue weighted by Crippen LogP contribution is -2.52. The van der Waals surface area contributed by atoms with Crippen LogP contribution in [0.2, 0.25) is 0 Å². The van der Waals surface area contributed by atoms with Crippen molar-refractivity contribution in [1.29, 1.82) is 0 Å². The van der Waals surface area contributed by atoms with Crippen molar-refractivity contribution in [3.05, 3.63) is 0 Å². The summed E-state index contributed by atoms with van der Waals surface area (Å²) in [6, 6.07) is -0.606. The molecule has 2 bridgehead atoms. The van der Waals surface area contributed by atoms with Gasteiger partial charge in [0.2, 0.25) is 5.60 Å². The highest BCUT2D eigenvalue weighted by molar-refractivity contribution is 5.83. The zero-order chi connectivity index (χ0) is 14.4. The van der Waals surface area contributed by atoms with Crippen molar-refractivity contribution in [2.45, 2.75) is 63.4 Å². The van der Waals surface area contributed by atoms with Crippen LogP contribution in [0.1, 0.15) is 39.5 Å². The van der Waals surface area contributed by atoms with E-state index in [2.05, 4.69) is 4.74 Å². The molecule has 0 aliphatic carbocycles. The molecule has 2 atom stereocenters. The average Bonchev–Trinajstić information content (AvgIpc) is 2.49. The molecule has 2 aliphatic heterocycles. The quantitative estimate of drug-likeness (QED) is 0.741. The number of halogens is 3. The van der Waals surface area contributed by atoms with Gasteiger partial charge < -0.3 is 9.64 Å². The summed E-state index contributed by atoms with van der Waals surface area (Å²) >= 11 is 0. The van der Waals surface area contributed by atoms with Crippen LogP contribution in [0.3, 0.4) is 0 Å². The molecule has 2 rings (SSSR count). The Balaban J connectivity index is 2.08. The molecule has 0 radical (unpaired) electrons. The highest BCUT2D eigenvalue weighted by atomic mass is 19.4. The minimum absolute atomic E-state index is 0.0617. The van der Waals surface area contributed by atoms with E-state index < -0.39 is 17.9 Å². The number of alkyl halides is 3. The number of hydrogen-bond acceptors (Lipinski definition) is 3. The van der Waals surface area contributed by atoms with E-state index in [0.29, 0.717) is 12.8 Å². The molecule has 0 aromatic carbocycles. The minimum Gasteiger partial charge on any atom is -0.434 e. The molecule has 108 valence electrons. The van der Waals surface area contributed by atoms with Crippen molar-refractivity contribution in [1.82, 2.24) is 4.90 Å². The first kappa shape index (κ1) is 14.1. The number of rotatable bonds is 1. The van der Waals surface area contributed by atoms with Gasteiger partial charge in [-0.2, -0.15) is 13.2 Å². The number of piperidine rings is 1. The van der Waals surface area contributed by atoms with E-state index in [0.717, 1.165) is 13.8 Å². The predicted molar refractivity (Wildman–Crippen MR) is 59.5 cm³/mol. The van der Waals surface area contributed by atoms with Gasteiger partial charge in [0.05, 0.1) is 0 Å². The Morgan fingerprint density at radius 2 is 1.68 bits per heavy atom. The monoisotopic (exact) mass is 279 g/mol. The normalized spacial score (nSPS) is 27.6. The van der Waals surface area contributed by atoms with Gasteiger partial charge in [-0.15, -0.1) is 0 Å². The smallest absolute Gasteiger partial charge is 0.427 e. The number of carbonyl (C=O) groups excluding carboxylic acids is 2. The molecule has 0 aromatic rings. The van der Waals surface area contributed by atoms with Crippen LogP contribution in [0, 0.1) is 0 Å². The first-order valence-electron chi connectivity index (χ1n) is 6.21. The van der Waals surface area contributed by atoms with Gasteiger partial charge in [-0.05, 0) is 26.7 Å². The molecule has 0 spiro atoms. The van der Waals surface area contributed by atoms with Gasteiger partial charge >= 0.3 is 12.3 Å². The number of carbonyl (C=O) groups is 2. The Hall–Kier alpha value is -1.27. The number of hydrogen-bond donors (Lipinski definition) is 0. The highest BCUT2D eigenvalue weighted by Crippen LogP contribution is 2.38. The van der Waals surface area contributed by atoms with E-state index >= 15 is 0 Å². The molecule has 19 heavy (non-hydrogen) atoms. The Kier molecular flexibility index (Phi) is 3.26. The molecule has 7 heteroatoms. The number of fused-ring (bicyclic) bond motifs is 2. The fraction of sp³-hybridized carbons (Fsp3) is 0.833. The Morgan fingerprint density at radius 3 is 2.11 bits per heavy atom. The highest BCUT2D eigenvalue weighted by Gasteiger charge is 2.53. The zero-order valence-corrected chi connectivity index (χ0v) is 10.8. The van der Waals surface area contributed by atoms with Crippen molar-refractivity contribution in [2.24, 2.45) is 0 Å². The lowest BCUT2D eigenvalue weighted by molar-refractivity contribution is -0.247. The fourth-order valence-electron chi connectivity index (χ4n) is 2.60. The van der Waals surface area contributed by atoms with E-state index in [9.17, 15) is 22.8 Å². The van der Waals surface area contributed by atoms with E-state index in [-0.39, 0.29) is 30.7 Å². The first-order valence-corrected chi connectivity index (χ1v) is 6.21. The SMILES string of the molecule is CC(C)(OC(=O)N1C2CCC1CC(=O)C2)C(F)(F)F. The molecule has 0 N–H and O–H groups in total. The third kappa shape index (κ3) is 2.55. The van der Waals surface area contributed by atoms with Crippen molar-refractivity contribution < 1.29 is 27.5 Å². The van der Waals surface area contributed by atoms with Gasteiger partial charge in [-0.1, -0.05) is 0 Å². The van der Waals surface area contributed by atoms with E-state index in [1.165, 1.54) is 4.90 Å². The average molecular weight is 279 g/mol. The number of ether oxygens (including phenoxy) is 1. The van der Waals surface area contributed by atoms with Crippen LogP contribution in [0.4, 0.5) is 18.0 Å². The second-order valence-electron chi connectivity index (χ2n) is 5.62. The molecule has 2 saturated heterocycles. The number of ketones is 1. The van der Waals surface area contributed by atoms with Crippen LogP contribution in [0.25, 0.3) is 0 Å². The maximum absolute atomic E-state index is 12.7. The maximum atomic E-state index is 12.7. The Morgan fingerprint density at radius 1 is 1.21 bits per heavy atom. The molecule has 2 fully saturated rings. The van der Waals surface area contributed by atoms with Crippen molar-refractivity contribution in [3.8, 4) is 0 Å². The van der Waals surface area contributed by atoms with Crippen LogP contribution in [-0.4, -0.2) is 40.6 Å². The number of Topliss-reactive ketones (excluding diaryl/α,β-unsaturated/α-hetero) is 1. The summed E-state index contributed by atoms with van der Waals surface area (Å²) in [6.45, 7) is 1.64. The lowest BCUT2D eigenvalue weighted by atomic mass is 10.0. The topological polar surface area (TPSA) is 46.6 Å². The van der Waals surface area contributed by atoms with Gasteiger partial charge in [0, 0.05) is 24.9 Å². The molecule has 0 saturated carbocycles. The van der Waals surface area contributed by atoms with Gasteiger partial charge in [-0.25, -0.2) is 4.79 Å². The summed E-state index contributed by atoms with van der Waals surface area (Å²) in [5.74, 6) is 0.0617. The zero-order valence-electron chi connectivity index (χ0n) is 10.8.